The first-order valence-electron chi connectivity index (χ1n) is 1.21. The molecule has 12 heavy (non-hydrogen) atoms. The Kier molecular flexibility index (Phi) is 39.0. The van der Waals surface area contributed by atoms with Crippen molar-refractivity contribution in [3.05, 3.63) is 0 Å². The van der Waals surface area contributed by atoms with E-state index in [9.17, 15) is 0 Å². The molecule has 0 heterocycles. The van der Waals surface area contributed by atoms with E-state index in [1.807, 2.05) is 0 Å². The Balaban J connectivity index is -0.0000000221. The summed E-state index contributed by atoms with van der Waals surface area (Å²) >= 11 is 0. The minimum Gasteiger partial charge on any atom is -0.759 e. The maximum Gasteiger partial charge on any atom is 2.00 e. The second kappa shape index (κ2) is 16.0. The van der Waals surface area contributed by atoms with Crippen LogP contribution in [0.2, 0.25) is 0 Å². The largest absolute Gasteiger partial charge is 2.00 e. The summed E-state index contributed by atoms with van der Waals surface area (Å²) in [4.78, 5) is 17.0. The van der Waals surface area contributed by atoms with Gasteiger partial charge in [-0.25, -0.2) is 0 Å². The third-order valence-electron chi connectivity index (χ3n) is 0. The van der Waals surface area contributed by atoms with E-state index in [0.717, 1.165) is 0 Å². The molecule has 0 bridgehead atoms. The van der Waals surface area contributed by atoms with E-state index in [0.29, 0.717) is 0 Å². The fraction of sp³-hybridized carbons (Fsp3) is 0. The van der Waals surface area contributed by atoms with E-state index in [-0.39, 0.29) is 78.6 Å². The van der Waals surface area contributed by atoms with Gasteiger partial charge in [-0.2, -0.15) is 0 Å². The molecule has 0 aliphatic heterocycles. The Bertz CT molecular complexity index is 164. The minimum absolute atomic E-state index is 0. The molecule has 0 unspecified atom stereocenters. The van der Waals surface area contributed by atoms with Crippen LogP contribution < -0.4 is 68.9 Å². The Labute approximate surface area is 127 Å². The molecule has 56 valence electrons. The van der Waals surface area contributed by atoms with Crippen molar-refractivity contribution in [1.29, 1.82) is 0 Å². The summed E-state index contributed by atoms with van der Waals surface area (Å²) < 4.78 is 42.6. The van der Waals surface area contributed by atoms with Gasteiger partial charge in [0.15, 0.2) is 0 Å². The molecule has 0 saturated carbocycles. The predicted molar refractivity (Wildman–Crippen MR) is 18.1 cm³/mol. The third kappa shape index (κ3) is 263. The van der Waals surface area contributed by atoms with E-state index in [1.54, 1.807) is 0 Å². The molecule has 0 aromatic carbocycles. The van der Waals surface area contributed by atoms with E-state index < -0.39 is 18.7 Å². The van der Waals surface area contributed by atoms with Crippen LogP contribution >= 0.6 is 8.25 Å². The Hall–Kier alpha value is 2.51. The topological polar surface area (TPSA) is 143 Å². The monoisotopic (exact) mass is 285 g/mol. The van der Waals surface area contributed by atoms with Crippen molar-refractivity contribution in [1.82, 2.24) is 0 Å². The second-order valence-electron chi connectivity index (χ2n) is 0.632. The fourth-order valence-corrected chi connectivity index (χ4v) is 0. The summed E-state index contributed by atoms with van der Waals surface area (Å²) in [6.07, 6.45) is 0. The minimum atomic E-state index is -5.17. The van der Waals surface area contributed by atoms with Crippen LogP contribution in [0.4, 0.5) is 0 Å². The summed E-state index contributed by atoms with van der Waals surface area (Å²) in [5.74, 6) is 0. The average molecular weight is 286 g/mol. The molecule has 0 spiro atoms. The zero-order valence-corrected chi connectivity index (χ0v) is 15.1. The molecule has 0 rings (SSSR count). The summed E-state index contributed by atoms with van der Waals surface area (Å²) in [7, 11) is -8.54. The molecule has 0 aliphatic rings. The van der Waals surface area contributed by atoms with Crippen molar-refractivity contribution in [2.24, 2.45) is 0 Å². The smallest absolute Gasteiger partial charge is 0.759 e. The Morgan fingerprint density at radius 1 is 1.00 bits per heavy atom. The van der Waals surface area contributed by atoms with E-state index in [1.165, 1.54) is 0 Å². The number of hydrogen-bond donors (Lipinski definition) is 0. The van der Waals surface area contributed by atoms with Gasteiger partial charge in [-0.15, -0.1) is 0 Å². The molecular formula is Na2O7PSZn+. The van der Waals surface area contributed by atoms with Crippen LogP contribution in [0.3, 0.4) is 0 Å². The SMILES string of the molecule is O=S(=O)([O-])[O-].O=[P+]([O-])[O-].[Na+].[Na+].[Zn+2]. The fourth-order valence-electron chi connectivity index (χ4n) is 0. The average Bonchev–Trinajstić information content (AvgIpc) is 1.19. The van der Waals surface area contributed by atoms with Crippen LogP contribution in [-0.4, -0.2) is 17.5 Å². The molecule has 0 atom stereocenters. The Morgan fingerprint density at radius 3 is 1.00 bits per heavy atom. The molecule has 0 aliphatic carbocycles. The molecule has 0 radical (unpaired) electrons. The number of rotatable bonds is 0. The molecule has 0 saturated heterocycles. The van der Waals surface area contributed by atoms with Crippen LogP contribution in [0.15, 0.2) is 0 Å². The van der Waals surface area contributed by atoms with Crippen LogP contribution in [0.1, 0.15) is 0 Å². The predicted octanol–water partition coefficient (Wildman–Crippen LogP) is -8.97. The zero-order valence-electron chi connectivity index (χ0n) is 6.42. The van der Waals surface area contributed by atoms with Crippen molar-refractivity contribution < 1.29 is 110 Å². The van der Waals surface area contributed by atoms with Crippen LogP contribution in [0.25, 0.3) is 0 Å². The van der Waals surface area contributed by atoms with Crippen molar-refractivity contribution in [3.8, 4) is 0 Å². The van der Waals surface area contributed by atoms with E-state index >= 15 is 0 Å². The molecule has 12 heteroatoms. The maximum atomic E-state index is 8.52. The molecule has 0 aromatic rings. The van der Waals surface area contributed by atoms with Crippen LogP contribution in [0.5, 0.6) is 0 Å². The molecular weight excluding hydrogens is 286 g/mol. The zero-order chi connectivity index (χ0) is 8.08. The van der Waals surface area contributed by atoms with Gasteiger partial charge in [0.1, 0.15) is 0 Å². The maximum absolute atomic E-state index is 8.52. The van der Waals surface area contributed by atoms with Gasteiger partial charge in [-0.05, 0) is 0 Å². The van der Waals surface area contributed by atoms with Crippen molar-refractivity contribution >= 4 is 18.7 Å². The van der Waals surface area contributed by atoms with Gasteiger partial charge in [0.05, 0.1) is 0 Å². The van der Waals surface area contributed by atoms with Crippen LogP contribution in [0, 0.1) is 0 Å². The summed E-state index contributed by atoms with van der Waals surface area (Å²) in [5.41, 5.74) is 0. The van der Waals surface area contributed by atoms with Gasteiger partial charge in [-0.1, -0.05) is 4.57 Å². The first-order chi connectivity index (χ1) is 3.73. The first-order valence-corrected chi connectivity index (χ1v) is 3.64. The van der Waals surface area contributed by atoms with Crippen molar-refractivity contribution in [3.63, 3.8) is 0 Å². The quantitative estimate of drug-likeness (QED) is 0.186. The number of hydrogen-bond acceptors (Lipinski definition) is 7. The molecule has 0 N–H and O–H groups in total. The van der Waals surface area contributed by atoms with E-state index in [4.69, 9.17) is 31.9 Å². The van der Waals surface area contributed by atoms with E-state index in [2.05, 4.69) is 0 Å². The Morgan fingerprint density at radius 2 is 1.00 bits per heavy atom. The third-order valence-corrected chi connectivity index (χ3v) is 0. The van der Waals surface area contributed by atoms with Gasteiger partial charge in [-0.3, -0.25) is 8.42 Å². The van der Waals surface area contributed by atoms with Gasteiger partial charge < -0.3 is 18.9 Å². The second-order valence-corrected chi connectivity index (χ2v) is 1.90. The molecule has 0 fully saturated rings. The van der Waals surface area contributed by atoms with Crippen molar-refractivity contribution in [2.75, 3.05) is 0 Å². The van der Waals surface area contributed by atoms with Crippen LogP contribution in [-0.2, 0) is 34.4 Å². The van der Waals surface area contributed by atoms with Gasteiger partial charge in [0, 0.05) is 10.4 Å². The summed E-state index contributed by atoms with van der Waals surface area (Å²) in [6.45, 7) is 0. The van der Waals surface area contributed by atoms with Crippen molar-refractivity contribution in [2.45, 2.75) is 0 Å². The standard InChI is InChI=1S/2Na.H2O4S.HO3P.Zn/c;;1-5(2,3)4;1-4(2)3;/h;;(H2,1,2,3,4);(H,1,2,3);/q2*+1;;;+2/p-3. The molecule has 0 aromatic heterocycles. The molecule has 7 nitrogen and oxygen atoms in total. The summed E-state index contributed by atoms with van der Waals surface area (Å²) in [5, 5.41) is 0. The van der Waals surface area contributed by atoms with Gasteiger partial charge in [0.2, 0.25) is 0 Å². The molecule has 0 amide bonds. The summed E-state index contributed by atoms with van der Waals surface area (Å²) in [6, 6.07) is 0. The van der Waals surface area contributed by atoms with Gasteiger partial charge >= 0.3 is 78.6 Å². The van der Waals surface area contributed by atoms with Gasteiger partial charge in [0.25, 0.3) is 8.25 Å². The normalized spacial score (nSPS) is 7.00. The first kappa shape index (κ1) is 29.3.